The first-order valence-corrected chi connectivity index (χ1v) is 7.70. The Balaban J connectivity index is 2.37. The third-order valence-electron chi connectivity index (χ3n) is 3.27. The third kappa shape index (κ3) is 3.41. The van der Waals surface area contributed by atoms with Gasteiger partial charge in [-0.3, -0.25) is 0 Å². The quantitative estimate of drug-likeness (QED) is 0.835. The molecule has 0 spiro atoms. The van der Waals surface area contributed by atoms with Gasteiger partial charge in [-0.05, 0) is 44.2 Å². The lowest BCUT2D eigenvalue weighted by Gasteiger charge is -2.18. The standard InChI is InChI=1S/C17H20FNS/c1-4-19-13(3)17-14(18)9-7-11-16(17)20-15-10-6-5-8-12(15)2/h5-11,13,19H,4H2,1-3H3. The van der Waals surface area contributed by atoms with E-state index in [0.29, 0.717) is 0 Å². The lowest BCUT2D eigenvalue weighted by Crippen LogP contribution is -2.19. The van der Waals surface area contributed by atoms with Gasteiger partial charge in [0.15, 0.2) is 0 Å². The van der Waals surface area contributed by atoms with E-state index in [4.69, 9.17) is 0 Å². The van der Waals surface area contributed by atoms with Crippen molar-refractivity contribution in [2.45, 2.75) is 36.6 Å². The van der Waals surface area contributed by atoms with E-state index in [2.05, 4.69) is 24.4 Å². The first kappa shape index (κ1) is 15.1. The molecule has 0 aliphatic heterocycles. The van der Waals surface area contributed by atoms with Gasteiger partial charge < -0.3 is 5.32 Å². The van der Waals surface area contributed by atoms with Crippen LogP contribution in [0.1, 0.15) is 31.0 Å². The monoisotopic (exact) mass is 289 g/mol. The van der Waals surface area contributed by atoms with Crippen LogP contribution < -0.4 is 5.32 Å². The van der Waals surface area contributed by atoms with Crippen LogP contribution in [0, 0.1) is 12.7 Å². The molecule has 0 saturated heterocycles. The van der Waals surface area contributed by atoms with Gasteiger partial charge in [-0.2, -0.15) is 0 Å². The van der Waals surface area contributed by atoms with E-state index in [1.165, 1.54) is 16.5 Å². The van der Waals surface area contributed by atoms with Gasteiger partial charge in [0.25, 0.3) is 0 Å². The summed E-state index contributed by atoms with van der Waals surface area (Å²) < 4.78 is 14.2. The van der Waals surface area contributed by atoms with Gasteiger partial charge in [0.2, 0.25) is 0 Å². The minimum Gasteiger partial charge on any atom is -0.310 e. The Morgan fingerprint density at radius 2 is 1.80 bits per heavy atom. The molecule has 0 aromatic heterocycles. The second-order valence-electron chi connectivity index (χ2n) is 4.80. The number of rotatable bonds is 5. The molecule has 0 heterocycles. The van der Waals surface area contributed by atoms with E-state index >= 15 is 0 Å². The molecule has 0 radical (unpaired) electrons. The normalized spacial score (nSPS) is 12.4. The first-order valence-electron chi connectivity index (χ1n) is 6.88. The molecule has 0 bridgehead atoms. The first-order chi connectivity index (χ1) is 9.63. The molecule has 0 aliphatic carbocycles. The van der Waals surface area contributed by atoms with Crippen LogP contribution >= 0.6 is 11.8 Å². The number of benzene rings is 2. The van der Waals surface area contributed by atoms with E-state index in [1.807, 2.05) is 32.0 Å². The van der Waals surface area contributed by atoms with Crippen molar-refractivity contribution in [3.63, 3.8) is 0 Å². The van der Waals surface area contributed by atoms with Gasteiger partial charge >= 0.3 is 0 Å². The zero-order valence-electron chi connectivity index (χ0n) is 12.1. The molecule has 0 fully saturated rings. The maximum atomic E-state index is 14.2. The van der Waals surface area contributed by atoms with E-state index in [0.717, 1.165) is 17.0 Å². The van der Waals surface area contributed by atoms with E-state index < -0.39 is 0 Å². The Morgan fingerprint density at radius 3 is 2.50 bits per heavy atom. The molecule has 3 heteroatoms. The maximum Gasteiger partial charge on any atom is 0.129 e. The van der Waals surface area contributed by atoms with Crippen LogP contribution in [0.4, 0.5) is 4.39 Å². The largest absolute Gasteiger partial charge is 0.310 e. The lowest BCUT2D eigenvalue weighted by molar-refractivity contribution is 0.531. The average molecular weight is 289 g/mol. The zero-order chi connectivity index (χ0) is 14.5. The molecule has 20 heavy (non-hydrogen) atoms. The number of nitrogens with one attached hydrogen (secondary N) is 1. The molecule has 2 aromatic rings. The summed E-state index contributed by atoms with van der Waals surface area (Å²) in [5.41, 5.74) is 1.96. The van der Waals surface area contributed by atoms with Gasteiger partial charge in [-0.1, -0.05) is 43.0 Å². The van der Waals surface area contributed by atoms with Crippen LogP contribution in [0.15, 0.2) is 52.3 Å². The summed E-state index contributed by atoms with van der Waals surface area (Å²) in [4.78, 5) is 2.15. The minimum absolute atomic E-state index is 0.00715. The Morgan fingerprint density at radius 1 is 1.10 bits per heavy atom. The topological polar surface area (TPSA) is 12.0 Å². The average Bonchev–Trinajstić information content (AvgIpc) is 2.42. The summed E-state index contributed by atoms with van der Waals surface area (Å²) in [6.45, 7) is 6.94. The Bertz CT molecular complexity index is 583. The summed E-state index contributed by atoms with van der Waals surface area (Å²) in [5, 5.41) is 3.29. The van der Waals surface area contributed by atoms with E-state index in [9.17, 15) is 4.39 Å². The molecule has 1 N–H and O–H groups in total. The van der Waals surface area contributed by atoms with Gasteiger partial charge in [-0.25, -0.2) is 4.39 Å². The van der Waals surface area contributed by atoms with Crippen molar-refractivity contribution in [3.05, 3.63) is 59.4 Å². The Hall–Kier alpha value is -1.32. The summed E-state index contributed by atoms with van der Waals surface area (Å²) in [6.07, 6.45) is 0. The Labute approximate surface area is 124 Å². The summed E-state index contributed by atoms with van der Waals surface area (Å²) in [5.74, 6) is -0.142. The van der Waals surface area contributed by atoms with Crippen LogP contribution in [0.25, 0.3) is 0 Å². The Kier molecular flexibility index (Phi) is 5.21. The highest BCUT2D eigenvalue weighted by molar-refractivity contribution is 7.99. The van der Waals surface area contributed by atoms with E-state index in [-0.39, 0.29) is 11.9 Å². The van der Waals surface area contributed by atoms with Crippen molar-refractivity contribution in [1.29, 1.82) is 0 Å². The highest BCUT2D eigenvalue weighted by Gasteiger charge is 2.16. The van der Waals surface area contributed by atoms with Crippen molar-refractivity contribution in [1.82, 2.24) is 5.32 Å². The highest BCUT2D eigenvalue weighted by atomic mass is 32.2. The molecule has 1 atom stereocenters. The minimum atomic E-state index is -0.142. The van der Waals surface area contributed by atoms with Crippen molar-refractivity contribution in [3.8, 4) is 0 Å². The van der Waals surface area contributed by atoms with Crippen molar-refractivity contribution >= 4 is 11.8 Å². The fourth-order valence-electron chi connectivity index (χ4n) is 2.22. The molecule has 2 rings (SSSR count). The van der Waals surface area contributed by atoms with Gasteiger partial charge in [0.05, 0.1) is 0 Å². The summed E-state index contributed by atoms with van der Waals surface area (Å²) in [6, 6.07) is 13.5. The van der Waals surface area contributed by atoms with E-state index in [1.54, 1.807) is 17.8 Å². The van der Waals surface area contributed by atoms with Crippen LogP contribution in [-0.4, -0.2) is 6.54 Å². The molecular weight excluding hydrogens is 269 g/mol. The van der Waals surface area contributed by atoms with Gasteiger partial charge in [-0.15, -0.1) is 0 Å². The van der Waals surface area contributed by atoms with Crippen LogP contribution in [0.5, 0.6) is 0 Å². The van der Waals surface area contributed by atoms with Crippen molar-refractivity contribution in [2.75, 3.05) is 6.54 Å². The lowest BCUT2D eigenvalue weighted by atomic mass is 10.1. The molecule has 0 saturated carbocycles. The fraction of sp³-hybridized carbons (Fsp3) is 0.294. The van der Waals surface area contributed by atoms with Crippen LogP contribution in [-0.2, 0) is 0 Å². The number of aryl methyl sites for hydroxylation is 1. The zero-order valence-corrected chi connectivity index (χ0v) is 12.9. The molecule has 1 unspecified atom stereocenters. The van der Waals surface area contributed by atoms with Gasteiger partial charge in [0, 0.05) is 21.4 Å². The SMILES string of the molecule is CCNC(C)c1c(F)cccc1Sc1ccccc1C. The fourth-order valence-corrected chi connectivity index (χ4v) is 3.37. The second kappa shape index (κ2) is 6.91. The molecule has 1 nitrogen and oxygen atoms in total. The molecule has 106 valence electrons. The molecule has 0 amide bonds. The number of hydrogen-bond donors (Lipinski definition) is 1. The summed E-state index contributed by atoms with van der Waals surface area (Å²) >= 11 is 1.63. The maximum absolute atomic E-state index is 14.2. The molecule has 2 aromatic carbocycles. The predicted octanol–water partition coefficient (Wildman–Crippen LogP) is 4.96. The van der Waals surface area contributed by atoms with Crippen molar-refractivity contribution < 1.29 is 4.39 Å². The molecular formula is C17H20FNS. The number of hydrogen-bond acceptors (Lipinski definition) is 2. The third-order valence-corrected chi connectivity index (χ3v) is 4.52. The summed E-state index contributed by atoms with van der Waals surface area (Å²) in [7, 11) is 0. The second-order valence-corrected chi connectivity index (χ2v) is 5.88. The van der Waals surface area contributed by atoms with Crippen LogP contribution in [0.2, 0.25) is 0 Å². The van der Waals surface area contributed by atoms with Crippen LogP contribution in [0.3, 0.4) is 0 Å². The predicted molar refractivity (Wildman–Crippen MR) is 83.8 cm³/mol. The van der Waals surface area contributed by atoms with Gasteiger partial charge in [0.1, 0.15) is 5.82 Å². The smallest absolute Gasteiger partial charge is 0.129 e. The number of halogens is 1. The highest BCUT2D eigenvalue weighted by Crippen LogP contribution is 2.36. The van der Waals surface area contributed by atoms with Crippen molar-refractivity contribution in [2.24, 2.45) is 0 Å². The molecule has 0 aliphatic rings.